The Morgan fingerprint density at radius 2 is 1.80 bits per heavy atom. The molecule has 0 radical (unpaired) electrons. The van der Waals surface area contributed by atoms with Crippen LogP contribution in [0.4, 0.5) is 0 Å². The molecule has 6 heteroatoms. The van der Waals surface area contributed by atoms with Gasteiger partial charge in [0.2, 0.25) is 0 Å². The second-order valence-corrected chi connectivity index (χ2v) is 4.25. The van der Waals surface area contributed by atoms with E-state index in [0.29, 0.717) is 0 Å². The van der Waals surface area contributed by atoms with E-state index >= 15 is 0 Å². The summed E-state index contributed by atoms with van der Waals surface area (Å²) >= 11 is 0. The fourth-order valence-corrected chi connectivity index (χ4v) is 1.57. The van der Waals surface area contributed by atoms with Gasteiger partial charge in [0.25, 0.3) is 10.1 Å². The Hall–Kier alpha value is -1.40. The van der Waals surface area contributed by atoms with E-state index in [0.717, 1.165) is 6.08 Å². The summed E-state index contributed by atoms with van der Waals surface area (Å²) in [7, 11) is -4.44. The molecule has 0 aromatic carbocycles. The van der Waals surface area contributed by atoms with Crippen LogP contribution in [0.3, 0.4) is 0 Å². The zero-order valence-electron chi connectivity index (χ0n) is 8.39. The van der Waals surface area contributed by atoms with Crippen molar-refractivity contribution in [2.24, 2.45) is 0 Å². The second kappa shape index (κ2) is 4.90. The van der Waals surface area contributed by atoms with Gasteiger partial charge in [-0.05, 0) is 25.5 Å². The van der Waals surface area contributed by atoms with Gasteiger partial charge in [-0.3, -0.25) is 4.55 Å². The molecule has 15 heavy (non-hydrogen) atoms. The van der Waals surface area contributed by atoms with Crippen LogP contribution >= 0.6 is 0 Å². The third kappa shape index (κ3) is 4.09. The molecule has 0 aliphatic rings. The van der Waals surface area contributed by atoms with E-state index in [2.05, 4.69) is 6.58 Å². The van der Waals surface area contributed by atoms with Crippen LogP contribution in [0.2, 0.25) is 0 Å². The van der Waals surface area contributed by atoms with Crippen LogP contribution in [0.5, 0.6) is 0 Å². The van der Waals surface area contributed by atoms with Gasteiger partial charge in [-0.15, -0.1) is 0 Å². The number of carbonyl (C=O) groups is 1. The molecule has 0 aliphatic carbocycles. The van der Waals surface area contributed by atoms with E-state index in [1.165, 1.54) is 19.9 Å². The van der Waals surface area contributed by atoms with Gasteiger partial charge in [-0.2, -0.15) is 8.42 Å². The molecule has 0 saturated carbocycles. The minimum Gasteiger partial charge on any atom is -0.478 e. The van der Waals surface area contributed by atoms with Gasteiger partial charge < -0.3 is 5.11 Å². The molecule has 0 amide bonds. The summed E-state index contributed by atoms with van der Waals surface area (Å²) in [5.41, 5.74) is -0.0121. The van der Waals surface area contributed by atoms with E-state index in [1.807, 2.05) is 0 Å². The lowest BCUT2D eigenvalue weighted by atomic mass is 10.2. The highest BCUT2D eigenvalue weighted by Crippen LogP contribution is 2.15. The number of allylic oxidation sites excluding steroid dienone is 3. The number of carboxylic acid groups (broad SMARTS) is 1. The van der Waals surface area contributed by atoms with Crippen LogP contribution in [0.25, 0.3) is 0 Å². The minimum absolute atomic E-state index is 0.179. The average Bonchev–Trinajstić information content (AvgIpc) is 2.10. The molecule has 0 heterocycles. The molecule has 2 N–H and O–H groups in total. The first kappa shape index (κ1) is 13.6. The summed E-state index contributed by atoms with van der Waals surface area (Å²) in [6, 6.07) is 0. The smallest absolute Gasteiger partial charge is 0.331 e. The molecule has 0 aliphatic heterocycles. The first-order chi connectivity index (χ1) is 6.70. The monoisotopic (exact) mass is 232 g/mol. The quantitative estimate of drug-likeness (QED) is 0.434. The molecule has 0 aromatic rings. The summed E-state index contributed by atoms with van der Waals surface area (Å²) in [5, 5.41) is 8.56. The van der Waals surface area contributed by atoms with Crippen LogP contribution in [0.15, 0.2) is 34.8 Å². The molecule has 0 saturated heterocycles. The normalized spacial score (nSPS) is 14.5. The SMILES string of the molecule is C=C/C(C)=C(\C=C(/C)C(=O)O)S(=O)(=O)O. The van der Waals surface area contributed by atoms with Gasteiger partial charge >= 0.3 is 5.97 Å². The van der Waals surface area contributed by atoms with Gasteiger partial charge in [-0.1, -0.05) is 12.7 Å². The average molecular weight is 232 g/mol. The molecule has 84 valence electrons. The Morgan fingerprint density at radius 1 is 1.33 bits per heavy atom. The first-order valence-electron chi connectivity index (χ1n) is 3.92. The maximum absolute atomic E-state index is 10.9. The summed E-state index contributed by atoms with van der Waals surface area (Å²) in [6.45, 7) is 5.97. The molecular formula is C9H12O5S. The molecule has 0 bridgehead atoms. The van der Waals surface area contributed by atoms with Crippen LogP contribution in [-0.2, 0) is 14.9 Å². The van der Waals surface area contributed by atoms with Gasteiger partial charge in [-0.25, -0.2) is 4.79 Å². The highest BCUT2D eigenvalue weighted by Gasteiger charge is 2.15. The molecule has 0 atom stereocenters. The predicted octanol–water partition coefficient (Wildman–Crippen LogP) is 1.37. The molecule has 5 nitrogen and oxygen atoms in total. The van der Waals surface area contributed by atoms with Crippen molar-refractivity contribution in [3.8, 4) is 0 Å². The largest absolute Gasteiger partial charge is 0.478 e. The zero-order valence-corrected chi connectivity index (χ0v) is 9.21. The standard InChI is InChI=1S/C9H12O5S/c1-4-6(2)8(15(12,13)14)5-7(3)9(10)11/h4-5H,1H2,2-3H3,(H,10,11)(H,12,13,14)/b7-5+,8-6+. The molecule has 0 rings (SSSR count). The van der Waals surface area contributed by atoms with Crippen molar-refractivity contribution in [2.45, 2.75) is 13.8 Å². The highest BCUT2D eigenvalue weighted by molar-refractivity contribution is 7.90. The highest BCUT2D eigenvalue weighted by atomic mass is 32.2. The Morgan fingerprint density at radius 3 is 2.07 bits per heavy atom. The van der Waals surface area contributed by atoms with E-state index in [4.69, 9.17) is 9.66 Å². The van der Waals surface area contributed by atoms with Gasteiger partial charge in [0.15, 0.2) is 0 Å². The van der Waals surface area contributed by atoms with Crippen molar-refractivity contribution in [2.75, 3.05) is 0 Å². The van der Waals surface area contributed by atoms with E-state index in [9.17, 15) is 13.2 Å². The van der Waals surface area contributed by atoms with E-state index < -0.39 is 21.0 Å². The summed E-state index contributed by atoms with van der Waals surface area (Å²) in [4.78, 5) is 10.0. The van der Waals surface area contributed by atoms with Crippen molar-refractivity contribution < 1.29 is 22.9 Å². The van der Waals surface area contributed by atoms with Gasteiger partial charge in [0.05, 0.1) is 4.91 Å². The van der Waals surface area contributed by atoms with Gasteiger partial charge in [0.1, 0.15) is 0 Å². The molecule has 0 spiro atoms. The fourth-order valence-electron chi connectivity index (χ4n) is 0.751. The predicted molar refractivity (Wildman–Crippen MR) is 55.8 cm³/mol. The number of rotatable bonds is 4. The van der Waals surface area contributed by atoms with Crippen LogP contribution in [0, 0.1) is 0 Å². The number of carboxylic acids is 1. The van der Waals surface area contributed by atoms with Gasteiger partial charge in [0, 0.05) is 5.57 Å². The number of hydrogen-bond acceptors (Lipinski definition) is 3. The molecule has 0 fully saturated rings. The van der Waals surface area contributed by atoms with Crippen molar-refractivity contribution >= 4 is 16.1 Å². The minimum atomic E-state index is -4.44. The van der Waals surface area contributed by atoms with Crippen molar-refractivity contribution in [1.29, 1.82) is 0 Å². The first-order valence-corrected chi connectivity index (χ1v) is 5.36. The lowest BCUT2D eigenvalue weighted by Gasteiger charge is -2.02. The summed E-state index contributed by atoms with van der Waals surface area (Å²) in [5.74, 6) is -1.26. The maximum atomic E-state index is 10.9. The third-order valence-corrected chi connectivity index (χ3v) is 2.65. The van der Waals surface area contributed by atoms with Crippen molar-refractivity contribution in [3.05, 3.63) is 34.8 Å². The fraction of sp³-hybridized carbons (Fsp3) is 0.222. The van der Waals surface area contributed by atoms with E-state index in [-0.39, 0.29) is 11.1 Å². The zero-order chi connectivity index (χ0) is 12.2. The van der Waals surface area contributed by atoms with Crippen LogP contribution < -0.4 is 0 Å². The lowest BCUT2D eigenvalue weighted by molar-refractivity contribution is -0.132. The van der Waals surface area contributed by atoms with Crippen molar-refractivity contribution in [1.82, 2.24) is 0 Å². The lowest BCUT2D eigenvalue weighted by Crippen LogP contribution is -2.05. The maximum Gasteiger partial charge on any atom is 0.331 e. The Balaban J connectivity index is 5.68. The third-order valence-electron chi connectivity index (χ3n) is 1.66. The molecule has 0 unspecified atom stereocenters. The Labute approximate surface area is 88.2 Å². The Bertz CT molecular complexity index is 439. The second-order valence-electron chi connectivity index (χ2n) is 2.86. The van der Waals surface area contributed by atoms with Crippen molar-refractivity contribution in [3.63, 3.8) is 0 Å². The van der Waals surface area contributed by atoms with Crippen LogP contribution in [0.1, 0.15) is 13.8 Å². The number of hydrogen-bond donors (Lipinski definition) is 2. The van der Waals surface area contributed by atoms with Crippen LogP contribution in [-0.4, -0.2) is 24.0 Å². The number of aliphatic carboxylic acids is 1. The van der Waals surface area contributed by atoms with E-state index in [1.54, 1.807) is 0 Å². The topological polar surface area (TPSA) is 91.7 Å². The summed E-state index contributed by atoms with van der Waals surface area (Å²) < 4.78 is 30.6. The molecular weight excluding hydrogens is 220 g/mol. The summed E-state index contributed by atoms with van der Waals surface area (Å²) in [6.07, 6.45) is 2.10. The Kier molecular flexibility index (Phi) is 4.44. The molecule has 0 aromatic heterocycles.